The van der Waals surface area contributed by atoms with Gasteiger partial charge in [-0.2, -0.15) is 5.26 Å². The first kappa shape index (κ1) is 8.68. The molecule has 3 rings (SSSR count). The molecule has 0 atom stereocenters. The number of nitriles is 1. The molecule has 0 saturated heterocycles. The molecule has 5 nitrogen and oxygen atoms in total. The van der Waals surface area contributed by atoms with Gasteiger partial charge in [0.1, 0.15) is 18.0 Å². The van der Waals surface area contributed by atoms with Crippen LogP contribution in [0.2, 0.25) is 0 Å². The summed E-state index contributed by atoms with van der Waals surface area (Å²) in [5, 5.41) is 14.0. The molecule has 1 aromatic carbocycles. The Morgan fingerprint density at radius 3 is 2.94 bits per heavy atom. The van der Waals surface area contributed by atoms with Crippen LogP contribution in [0.1, 0.15) is 5.56 Å². The number of fused-ring (bicyclic) bond motifs is 3. The minimum Gasteiger partial charge on any atom is -0.381 e. The van der Waals surface area contributed by atoms with E-state index in [1.807, 2.05) is 24.3 Å². The first-order valence-electron chi connectivity index (χ1n) is 4.73. The molecule has 0 unspecified atom stereocenters. The van der Waals surface area contributed by atoms with Crippen molar-refractivity contribution in [1.29, 1.82) is 5.26 Å². The van der Waals surface area contributed by atoms with Gasteiger partial charge in [0, 0.05) is 5.39 Å². The molecule has 0 amide bonds. The summed E-state index contributed by atoms with van der Waals surface area (Å²) in [6.07, 6.45) is 1.56. The van der Waals surface area contributed by atoms with Crippen molar-refractivity contribution in [1.82, 2.24) is 14.6 Å². The lowest BCUT2D eigenvalue weighted by atomic mass is 10.1. The second kappa shape index (κ2) is 2.94. The second-order valence-corrected chi connectivity index (χ2v) is 3.43. The van der Waals surface area contributed by atoms with Gasteiger partial charge < -0.3 is 5.73 Å². The fourth-order valence-corrected chi connectivity index (χ4v) is 1.81. The number of nitrogen functional groups attached to an aromatic ring is 1. The summed E-state index contributed by atoms with van der Waals surface area (Å²) in [5.41, 5.74) is 7.61. The van der Waals surface area contributed by atoms with Crippen LogP contribution in [0.4, 0.5) is 5.82 Å². The third-order valence-electron chi connectivity index (χ3n) is 2.51. The number of para-hydroxylation sites is 1. The normalized spacial score (nSPS) is 10.7. The summed E-state index contributed by atoms with van der Waals surface area (Å²) in [4.78, 5) is 4.23. The van der Waals surface area contributed by atoms with Crippen LogP contribution < -0.4 is 5.73 Å². The van der Waals surface area contributed by atoms with Gasteiger partial charge in [-0.05, 0) is 6.07 Å². The maximum atomic E-state index is 9.06. The Labute approximate surface area is 90.7 Å². The van der Waals surface area contributed by atoms with Crippen molar-refractivity contribution in [3.63, 3.8) is 0 Å². The van der Waals surface area contributed by atoms with E-state index in [2.05, 4.69) is 16.2 Å². The molecule has 16 heavy (non-hydrogen) atoms. The lowest BCUT2D eigenvalue weighted by Crippen LogP contribution is -1.91. The highest BCUT2D eigenvalue weighted by Gasteiger charge is 2.12. The summed E-state index contributed by atoms with van der Waals surface area (Å²) in [7, 11) is 0. The van der Waals surface area contributed by atoms with Gasteiger partial charge in [0.15, 0.2) is 5.82 Å². The molecule has 0 aliphatic heterocycles. The summed E-state index contributed by atoms with van der Waals surface area (Å²) in [6.45, 7) is 0. The van der Waals surface area contributed by atoms with Crippen molar-refractivity contribution in [2.24, 2.45) is 0 Å². The second-order valence-electron chi connectivity index (χ2n) is 3.43. The number of hydrogen-bond acceptors (Lipinski definition) is 4. The van der Waals surface area contributed by atoms with Crippen LogP contribution in [0.15, 0.2) is 30.6 Å². The number of benzene rings is 1. The Bertz CT molecular complexity index is 735. The summed E-state index contributed by atoms with van der Waals surface area (Å²) in [6, 6.07) is 9.66. The average Bonchev–Trinajstić information content (AvgIpc) is 2.65. The predicted octanol–water partition coefficient (Wildman–Crippen LogP) is 1.34. The molecule has 0 fully saturated rings. The van der Waals surface area contributed by atoms with Crippen LogP contribution in [0.3, 0.4) is 0 Å². The standard InChI is InChI=1S/C11H7N5/c12-5-8-10-7-3-1-2-4-9(7)14-6-16(10)15-11(8)13/h1-4,6H,(H2,13,15). The van der Waals surface area contributed by atoms with Gasteiger partial charge in [-0.15, -0.1) is 5.10 Å². The van der Waals surface area contributed by atoms with E-state index in [9.17, 15) is 0 Å². The molecule has 0 aliphatic rings. The number of rotatable bonds is 0. The zero-order valence-electron chi connectivity index (χ0n) is 8.25. The lowest BCUT2D eigenvalue weighted by molar-refractivity contribution is 0.940. The third-order valence-corrected chi connectivity index (χ3v) is 2.51. The molecular weight excluding hydrogens is 202 g/mol. The van der Waals surface area contributed by atoms with E-state index in [4.69, 9.17) is 11.0 Å². The average molecular weight is 209 g/mol. The zero-order chi connectivity index (χ0) is 11.1. The molecule has 0 radical (unpaired) electrons. The van der Waals surface area contributed by atoms with Gasteiger partial charge in [0.25, 0.3) is 0 Å². The molecule has 0 bridgehead atoms. The van der Waals surface area contributed by atoms with E-state index < -0.39 is 0 Å². The highest BCUT2D eigenvalue weighted by Crippen LogP contribution is 2.23. The topological polar surface area (TPSA) is 80.0 Å². The van der Waals surface area contributed by atoms with Crippen molar-refractivity contribution < 1.29 is 0 Å². The molecule has 0 spiro atoms. The van der Waals surface area contributed by atoms with Crippen LogP contribution in [-0.4, -0.2) is 14.6 Å². The minimum atomic E-state index is 0.237. The highest BCUT2D eigenvalue weighted by atomic mass is 15.3. The summed E-state index contributed by atoms with van der Waals surface area (Å²) in [5.74, 6) is 0.237. The SMILES string of the molecule is N#Cc1c(N)nn2cnc3ccccc3c12. The van der Waals surface area contributed by atoms with E-state index in [1.165, 1.54) is 4.52 Å². The summed E-state index contributed by atoms with van der Waals surface area (Å²) < 4.78 is 1.54. The number of hydrogen-bond donors (Lipinski definition) is 1. The van der Waals surface area contributed by atoms with Crippen LogP contribution in [0.25, 0.3) is 16.4 Å². The zero-order valence-corrected chi connectivity index (χ0v) is 8.25. The number of anilines is 1. The Balaban J connectivity index is 2.64. The van der Waals surface area contributed by atoms with E-state index in [0.29, 0.717) is 11.1 Å². The van der Waals surface area contributed by atoms with Gasteiger partial charge in [0.2, 0.25) is 0 Å². The van der Waals surface area contributed by atoms with Crippen molar-refractivity contribution in [3.8, 4) is 6.07 Å². The largest absolute Gasteiger partial charge is 0.381 e. The molecule has 0 aliphatic carbocycles. The maximum Gasteiger partial charge on any atom is 0.164 e. The summed E-state index contributed by atoms with van der Waals surface area (Å²) >= 11 is 0. The molecular formula is C11H7N5. The van der Waals surface area contributed by atoms with Crippen LogP contribution in [-0.2, 0) is 0 Å². The number of nitrogens with zero attached hydrogens (tertiary/aromatic N) is 4. The van der Waals surface area contributed by atoms with E-state index in [1.54, 1.807) is 6.33 Å². The highest BCUT2D eigenvalue weighted by molar-refractivity contribution is 5.97. The van der Waals surface area contributed by atoms with Crippen LogP contribution in [0.5, 0.6) is 0 Å². The molecule has 5 heteroatoms. The van der Waals surface area contributed by atoms with Gasteiger partial charge in [-0.25, -0.2) is 9.50 Å². The molecule has 2 aromatic heterocycles. The first-order chi connectivity index (χ1) is 7.81. The van der Waals surface area contributed by atoms with Gasteiger partial charge in [-0.3, -0.25) is 0 Å². The van der Waals surface area contributed by atoms with Crippen LogP contribution >= 0.6 is 0 Å². The predicted molar refractivity (Wildman–Crippen MR) is 59.6 cm³/mol. The fraction of sp³-hybridized carbons (Fsp3) is 0. The van der Waals surface area contributed by atoms with Crippen molar-refractivity contribution in [3.05, 3.63) is 36.2 Å². The van der Waals surface area contributed by atoms with Gasteiger partial charge in [0.05, 0.1) is 11.0 Å². The molecule has 2 heterocycles. The smallest absolute Gasteiger partial charge is 0.164 e. The van der Waals surface area contributed by atoms with E-state index in [-0.39, 0.29) is 5.82 Å². The first-order valence-corrected chi connectivity index (χ1v) is 4.73. The van der Waals surface area contributed by atoms with Crippen molar-refractivity contribution in [2.45, 2.75) is 0 Å². The Morgan fingerprint density at radius 2 is 2.12 bits per heavy atom. The Morgan fingerprint density at radius 1 is 1.31 bits per heavy atom. The molecule has 0 saturated carbocycles. The Kier molecular flexibility index (Phi) is 1.59. The monoisotopic (exact) mass is 209 g/mol. The lowest BCUT2D eigenvalue weighted by Gasteiger charge is -1.98. The van der Waals surface area contributed by atoms with Crippen molar-refractivity contribution >= 4 is 22.2 Å². The third kappa shape index (κ3) is 0.982. The fourth-order valence-electron chi connectivity index (χ4n) is 1.81. The number of nitrogens with two attached hydrogens (primary N) is 1. The minimum absolute atomic E-state index is 0.237. The van der Waals surface area contributed by atoms with E-state index in [0.717, 1.165) is 10.9 Å². The van der Waals surface area contributed by atoms with E-state index >= 15 is 0 Å². The molecule has 2 N–H and O–H groups in total. The van der Waals surface area contributed by atoms with Gasteiger partial charge in [-0.1, -0.05) is 18.2 Å². The quantitative estimate of drug-likeness (QED) is 0.605. The molecule has 76 valence electrons. The van der Waals surface area contributed by atoms with Crippen molar-refractivity contribution in [2.75, 3.05) is 5.73 Å². The number of aromatic nitrogens is 3. The maximum absolute atomic E-state index is 9.06. The van der Waals surface area contributed by atoms with Gasteiger partial charge >= 0.3 is 0 Å². The molecule has 3 aromatic rings. The van der Waals surface area contributed by atoms with Crippen LogP contribution in [0, 0.1) is 11.3 Å². The Hall–Kier alpha value is -2.61.